The van der Waals surface area contributed by atoms with Gasteiger partial charge in [-0.3, -0.25) is 4.79 Å². The van der Waals surface area contributed by atoms with Crippen LogP contribution in [0, 0.1) is 11.6 Å². The van der Waals surface area contributed by atoms with E-state index in [4.69, 9.17) is 0 Å². The Bertz CT molecular complexity index is 1020. The highest BCUT2D eigenvalue weighted by atomic mass is 32.2. The van der Waals surface area contributed by atoms with Crippen LogP contribution in [0.5, 0.6) is 0 Å². The van der Waals surface area contributed by atoms with Crippen LogP contribution >= 0.6 is 0 Å². The van der Waals surface area contributed by atoms with Crippen molar-refractivity contribution >= 4 is 21.6 Å². The second kappa shape index (κ2) is 8.15. The first-order chi connectivity index (χ1) is 13.3. The molecule has 1 fully saturated rings. The molecule has 2 aromatic rings. The molecule has 1 aliphatic rings. The molecule has 1 saturated heterocycles. The van der Waals surface area contributed by atoms with E-state index in [9.17, 15) is 22.0 Å². The van der Waals surface area contributed by atoms with E-state index in [0.717, 1.165) is 25.0 Å². The molecule has 0 aromatic heterocycles. The molecule has 0 saturated carbocycles. The van der Waals surface area contributed by atoms with Crippen LogP contribution in [0.25, 0.3) is 0 Å². The minimum Gasteiger partial charge on any atom is -0.267 e. The molecular weight excluding hydrogens is 388 g/mol. The van der Waals surface area contributed by atoms with E-state index in [1.54, 1.807) is 0 Å². The Balaban J connectivity index is 1.71. The van der Waals surface area contributed by atoms with Crippen LogP contribution in [0.3, 0.4) is 0 Å². The summed E-state index contributed by atoms with van der Waals surface area (Å²) in [5.41, 5.74) is 2.72. The number of sulfonamides is 1. The van der Waals surface area contributed by atoms with E-state index in [2.05, 4.69) is 10.5 Å². The molecule has 148 valence electrons. The van der Waals surface area contributed by atoms with E-state index in [1.165, 1.54) is 41.6 Å². The number of hydrazone groups is 1. The number of benzene rings is 2. The largest absolute Gasteiger partial charge is 0.271 e. The molecule has 0 unspecified atom stereocenters. The van der Waals surface area contributed by atoms with Crippen LogP contribution in [0.4, 0.5) is 8.78 Å². The van der Waals surface area contributed by atoms with Gasteiger partial charge in [0.05, 0.1) is 10.6 Å². The molecule has 0 radical (unpaired) electrons. The Morgan fingerprint density at radius 2 is 1.71 bits per heavy atom. The highest BCUT2D eigenvalue weighted by Crippen LogP contribution is 2.21. The van der Waals surface area contributed by atoms with Crippen molar-refractivity contribution in [1.29, 1.82) is 0 Å². The number of rotatable bonds is 5. The van der Waals surface area contributed by atoms with Crippen LogP contribution in [0.1, 0.15) is 35.7 Å². The zero-order valence-electron chi connectivity index (χ0n) is 15.2. The van der Waals surface area contributed by atoms with Crippen LogP contribution < -0.4 is 5.43 Å². The normalized spacial score (nSPS) is 15.6. The van der Waals surface area contributed by atoms with Crippen LogP contribution in [-0.2, 0) is 10.0 Å². The third-order valence-electron chi connectivity index (χ3n) is 4.47. The molecular formula is C19H19F2N3O3S. The molecule has 0 aliphatic carbocycles. The SMILES string of the molecule is C/C(=N/NC(=O)c1ccc(S(=O)(=O)N2CCCC2)cc1)c1ccc(F)cc1F. The summed E-state index contributed by atoms with van der Waals surface area (Å²) in [6, 6.07) is 8.59. The van der Waals surface area contributed by atoms with Gasteiger partial charge in [-0.1, -0.05) is 0 Å². The van der Waals surface area contributed by atoms with Gasteiger partial charge in [-0.15, -0.1) is 0 Å². The number of amides is 1. The van der Waals surface area contributed by atoms with Crippen LogP contribution in [0.15, 0.2) is 52.5 Å². The van der Waals surface area contributed by atoms with Gasteiger partial charge in [0.1, 0.15) is 11.6 Å². The maximum absolute atomic E-state index is 13.7. The summed E-state index contributed by atoms with van der Waals surface area (Å²) in [6.45, 7) is 2.47. The molecule has 0 atom stereocenters. The van der Waals surface area contributed by atoms with Crippen molar-refractivity contribution < 1.29 is 22.0 Å². The smallest absolute Gasteiger partial charge is 0.267 e. The average Bonchev–Trinajstić information content (AvgIpc) is 3.21. The fraction of sp³-hybridized carbons (Fsp3) is 0.263. The summed E-state index contributed by atoms with van der Waals surface area (Å²) < 4.78 is 53.1. The topological polar surface area (TPSA) is 78.8 Å². The van der Waals surface area contributed by atoms with Crippen molar-refractivity contribution in [2.45, 2.75) is 24.7 Å². The fourth-order valence-corrected chi connectivity index (χ4v) is 4.42. The number of carbonyl (C=O) groups is 1. The molecule has 1 heterocycles. The minimum atomic E-state index is -3.55. The molecule has 0 bridgehead atoms. The van der Waals surface area contributed by atoms with E-state index in [1.807, 2.05) is 0 Å². The van der Waals surface area contributed by atoms with Gasteiger partial charge in [0.2, 0.25) is 10.0 Å². The lowest BCUT2D eigenvalue weighted by Gasteiger charge is -2.15. The van der Waals surface area contributed by atoms with Gasteiger partial charge in [0.15, 0.2) is 0 Å². The Labute approximate surface area is 161 Å². The molecule has 0 spiro atoms. The summed E-state index contributed by atoms with van der Waals surface area (Å²) in [7, 11) is -3.55. The van der Waals surface area contributed by atoms with Crippen LogP contribution in [-0.4, -0.2) is 37.4 Å². The number of nitrogens with one attached hydrogen (secondary N) is 1. The summed E-state index contributed by atoms with van der Waals surface area (Å²) in [5.74, 6) is -2.07. The monoisotopic (exact) mass is 407 g/mol. The predicted molar refractivity (Wildman–Crippen MR) is 100 cm³/mol. The number of nitrogens with zero attached hydrogens (tertiary/aromatic N) is 2. The molecule has 3 rings (SSSR count). The first-order valence-electron chi connectivity index (χ1n) is 8.69. The van der Waals surface area contributed by atoms with Crippen molar-refractivity contribution in [3.8, 4) is 0 Å². The van der Waals surface area contributed by atoms with E-state index < -0.39 is 27.6 Å². The second-order valence-electron chi connectivity index (χ2n) is 6.40. The Kier molecular flexibility index (Phi) is 5.85. The van der Waals surface area contributed by atoms with E-state index in [-0.39, 0.29) is 21.7 Å². The fourth-order valence-electron chi connectivity index (χ4n) is 2.90. The lowest BCUT2D eigenvalue weighted by molar-refractivity contribution is 0.0954. The first-order valence-corrected chi connectivity index (χ1v) is 10.1. The molecule has 2 aromatic carbocycles. The number of hydrogen-bond donors (Lipinski definition) is 1. The zero-order valence-corrected chi connectivity index (χ0v) is 16.0. The number of hydrogen-bond acceptors (Lipinski definition) is 4. The maximum Gasteiger partial charge on any atom is 0.271 e. The zero-order chi connectivity index (χ0) is 20.3. The summed E-state index contributed by atoms with van der Waals surface area (Å²) >= 11 is 0. The predicted octanol–water partition coefficient (Wildman–Crippen LogP) is 2.90. The number of carbonyl (C=O) groups excluding carboxylic acids is 1. The average molecular weight is 407 g/mol. The minimum absolute atomic E-state index is 0.0637. The van der Waals surface area contributed by atoms with Gasteiger partial charge in [-0.05, 0) is 56.2 Å². The van der Waals surface area contributed by atoms with Crippen molar-refractivity contribution in [2.24, 2.45) is 5.10 Å². The highest BCUT2D eigenvalue weighted by Gasteiger charge is 2.27. The standard InChI is InChI=1S/C19H19F2N3O3S/c1-13(17-9-6-15(20)12-18(17)21)22-23-19(25)14-4-7-16(8-5-14)28(26,27)24-10-2-3-11-24/h4-9,12H,2-3,10-11H2,1H3,(H,23,25)/b22-13-. The van der Waals surface area contributed by atoms with Crippen molar-refractivity contribution in [3.05, 3.63) is 65.2 Å². The second-order valence-corrected chi connectivity index (χ2v) is 8.34. The maximum atomic E-state index is 13.7. The quantitative estimate of drug-likeness (QED) is 0.612. The van der Waals surface area contributed by atoms with E-state index >= 15 is 0 Å². The molecule has 1 N–H and O–H groups in total. The van der Waals surface area contributed by atoms with Gasteiger partial charge >= 0.3 is 0 Å². The number of halogens is 2. The van der Waals surface area contributed by atoms with Gasteiger partial charge < -0.3 is 0 Å². The molecule has 28 heavy (non-hydrogen) atoms. The lowest BCUT2D eigenvalue weighted by atomic mass is 10.1. The van der Waals surface area contributed by atoms with Gasteiger partial charge in [-0.25, -0.2) is 22.6 Å². The Morgan fingerprint density at radius 3 is 2.32 bits per heavy atom. The van der Waals surface area contributed by atoms with Gasteiger partial charge in [0.25, 0.3) is 5.91 Å². The van der Waals surface area contributed by atoms with Crippen molar-refractivity contribution in [3.63, 3.8) is 0 Å². The van der Waals surface area contributed by atoms with Crippen LogP contribution in [0.2, 0.25) is 0 Å². The lowest BCUT2D eigenvalue weighted by Crippen LogP contribution is -2.28. The Hall–Kier alpha value is -2.65. The Morgan fingerprint density at radius 1 is 1.07 bits per heavy atom. The summed E-state index contributed by atoms with van der Waals surface area (Å²) in [4.78, 5) is 12.3. The van der Waals surface area contributed by atoms with Crippen molar-refractivity contribution in [1.82, 2.24) is 9.73 Å². The summed E-state index contributed by atoms with van der Waals surface area (Å²) in [5, 5.41) is 3.82. The van der Waals surface area contributed by atoms with Crippen molar-refractivity contribution in [2.75, 3.05) is 13.1 Å². The third-order valence-corrected chi connectivity index (χ3v) is 6.38. The highest BCUT2D eigenvalue weighted by molar-refractivity contribution is 7.89. The third kappa shape index (κ3) is 4.26. The van der Waals surface area contributed by atoms with E-state index in [0.29, 0.717) is 13.1 Å². The first kappa shape index (κ1) is 20.1. The van der Waals surface area contributed by atoms with Gasteiger partial charge in [-0.2, -0.15) is 9.41 Å². The molecule has 1 amide bonds. The summed E-state index contributed by atoms with van der Waals surface area (Å²) in [6.07, 6.45) is 1.68. The molecule has 1 aliphatic heterocycles. The molecule has 9 heteroatoms. The van der Waals surface area contributed by atoms with Gasteiger partial charge in [0, 0.05) is 30.3 Å². The molecule has 6 nitrogen and oxygen atoms in total.